The van der Waals surface area contributed by atoms with Gasteiger partial charge >= 0.3 is 0 Å². The molecule has 7 heteroatoms. The molecule has 27 heavy (non-hydrogen) atoms. The van der Waals surface area contributed by atoms with E-state index in [1.807, 2.05) is 55.5 Å². The van der Waals surface area contributed by atoms with Crippen molar-refractivity contribution in [1.29, 1.82) is 5.41 Å². The maximum atomic E-state index is 11.7. The third-order valence-corrected chi connectivity index (χ3v) is 4.41. The first kappa shape index (κ1) is 18.8. The fraction of sp³-hybridized carbons (Fsp3) is 0.200. The van der Waals surface area contributed by atoms with Crippen LogP contribution in [-0.2, 0) is 4.79 Å². The van der Waals surface area contributed by atoms with Gasteiger partial charge in [0, 0.05) is 0 Å². The standard InChI is InChI=1S/C20H20N2O4S/c1-2-24-17-12-14(13-18-19(23)22-20(21)27-18)8-9-16(17)26-11-10-25-15-6-4-3-5-7-15/h3-9,12-13H,2,10-11H2,1H3,(H2,21,22,23). The van der Waals surface area contributed by atoms with Crippen molar-refractivity contribution in [3.05, 3.63) is 59.0 Å². The van der Waals surface area contributed by atoms with Crippen LogP contribution in [0.5, 0.6) is 17.2 Å². The summed E-state index contributed by atoms with van der Waals surface area (Å²) in [6.45, 7) is 3.19. The molecule has 0 aromatic heterocycles. The van der Waals surface area contributed by atoms with Crippen molar-refractivity contribution in [1.82, 2.24) is 5.32 Å². The van der Waals surface area contributed by atoms with Gasteiger partial charge in [-0.15, -0.1) is 0 Å². The number of nitrogens with one attached hydrogen (secondary N) is 2. The molecule has 0 spiro atoms. The van der Waals surface area contributed by atoms with Gasteiger partial charge in [-0.1, -0.05) is 24.3 Å². The minimum absolute atomic E-state index is 0.134. The summed E-state index contributed by atoms with van der Waals surface area (Å²) < 4.78 is 17.1. The number of amides is 1. The Morgan fingerprint density at radius 1 is 1.04 bits per heavy atom. The fourth-order valence-electron chi connectivity index (χ4n) is 2.42. The van der Waals surface area contributed by atoms with Crippen LogP contribution in [0.25, 0.3) is 6.08 Å². The van der Waals surface area contributed by atoms with Crippen molar-refractivity contribution in [3.8, 4) is 17.2 Å². The van der Waals surface area contributed by atoms with Gasteiger partial charge in [-0.05, 0) is 54.6 Å². The number of carbonyl (C=O) groups excluding carboxylic acids is 1. The summed E-state index contributed by atoms with van der Waals surface area (Å²) in [5, 5.41) is 10.1. The van der Waals surface area contributed by atoms with Crippen LogP contribution in [0.2, 0.25) is 0 Å². The van der Waals surface area contributed by atoms with E-state index in [0.29, 0.717) is 36.2 Å². The third kappa shape index (κ3) is 5.27. The van der Waals surface area contributed by atoms with Gasteiger partial charge in [-0.2, -0.15) is 0 Å². The summed E-state index contributed by atoms with van der Waals surface area (Å²) in [4.78, 5) is 12.2. The lowest BCUT2D eigenvalue weighted by molar-refractivity contribution is -0.115. The fourth-order valence-corrected chi connectivity index (χ4v) is 3.13. The maximum Gasteiger partial charge on any atom is 0.264 e. The summed E-state index contributed by atoms with van der Waals surface area (Å²) in [7, 11) is 0. The normalized spacial score (nSPS) is 14.9. The van der Waals surface area contributed by atoms with E-state index in [2.05, 4.69) is 5.32 Å². The first-order valence-electron chi connectivity index (χ1n) is 8.52. The SMILES string of the molecule is CCOc1cc(C=C2SC(=N)NC2=O)ccc1OCCOc1ccccc1. The Kier molecular flexibility index (Phi) is 6.38. The van der Waals surface area contributed by atoms with E-state index in [-0.39, 0.29) is 11.1 Å². The van der Waals surface area contributed by atoms with Gasteiger partial charge in [0.1, 0.15) is 19.0 Å². The predicted octanol–water partition coefficient (Wildman–Crippen LogP) is 3.68. The zero-order valence-electron chi connectivity index (χ0n) is 14.9. The Morgan fingerprint density at radius 3 is 2.52 bits per heavy atom. The van der Waals surface area contributed by atoms with Gasteiger partial charge in [0.15, 0.2) is 16.7 Å². The molecule has 140 valence electrons. The minimum atomic E-state index is -0.263. The number of hydrogen-bond donors (Lipinski definition) is 2. The molecule has 2 aromatic rings. The molecule has 1 aliphatic rings. The second-order valence-electron chi connectivity index (χ2n) is 5.54. The molecule has 2 aromatic carbocycles. The monoisotopic (exact) mass is 384 g/mol. The van der Waals surface area contributed by atoms with Gasteiger partial charge in [0.2, 0.25) is 0 Å². The molecule has 6 nitrogen and oxygen atoms in total. The van der Waals surface area contributed by atoms with Gasteiger partial charge in [-0.3, -0.25) is 10.2 Å². The highest BCUT2D eigenvalue weighted by molar-refractivity contribution is 8.18. The van der Waals surface area contributed by atoms with E-state index < -0.39 is 0 Å². The molecule has 0 aliphatic carbocycles. The van der Waals surface area contributed by atoms with Gasteiger partial charge in [0.25, 0.3) is 5.91 Å². The highest BCUT2D eigenvalue weighted by atomic mass is 32.2. The highest BCUT2D eigenvalue weighted by Crippen LogP contribution is 2.31. The van der Waals surface area contributed by atoms with Crippen LogP contribution in [0.3, 0.4) is 0 Å². The smallest absolute Gasteiger partial charge is 0.264 e. The van der Waals surface area contributed by atoms with Gasteiger partial charge in [0.05, 0.1) is 11.5 Å². The van der Waals surface area contributed by atoms with Crippen LogP contribution < -0.4 is 19.5 Å². The molecule has 1 amide bonds. The number of rotatable bonds is 8. The van der Waals surface area contributed by atoms with Gasteiger partial charge < -0.3 is 19.5 Å². The van der Waals surface area contributed by atoms with E-state index in [9.17, 15) is 4.79 Å². The molecular formula is C20H20N2O4S. The number of hydrogen-bond acceptors (Lipinski definition) is 6. The molecule has 1 fully saturated rings. The number of benzene rings is 2. The average Bonchev–Trinajstić information content (AvgIpc) is 2.98. The number of ether oxygens (including phenoxy) is 3. The van der Waals surface area contributed by atoms with E-state index >= 15 is 0 Å². The molecule has 1 heterocycles. The molecule has 0 bridgehead atoms. The zero-order chi connectivity index (χ0) is 19.1. The largest absolute Gasteiger partial charge is 0.490 e. The lowest BCUT2D eigenvalue weighted by Crippen LogP contribution is -2.18. The van der Waals surface area contributed by atoms with Gasteiger partial charge in [-0.25, -0.2) is 0 Å². The second-order valence-corrected chi connectivity index (χ2v) is 6.60. The zero-order valence-corrected chi connectivity index (χ0v) is 15.7. The molecule has 1 aliphatic heterocycles. The van der Waals surface area contributed by atoms with E-state index in [1.54, 1.807) is 6.08 Å². The maximum absolute atomic E-state index is 11.7. The second kappa shape index (κ2) is 9.14. The summed E-state index contributed by atoms with van der Waals surface area (Å²) in [5.41, 5.74) is 0.804. The number of thioether (sulfide) groups is 1. The Hall–Kier alpha value is -2.93. The molecule has 0 atom stereocenters. The third-order valence-electron chi connectivity index (χ3n) is 3.58. The summed E-state index contributed by atoms with van der Waals surface area (Å²) in [6.07, 6.45) is 1.73. The molecule has 3 rings (SSSR count). The van der Waals surface area contributed by atoms with Crippen LogP contribution in [0, 0.1) is 5.41 Å². The topological polar surface area (TPSA) is 80.6 Å². The van der Waals surface area contributed by atoms with Crippen molar-refractivity contribution >= 4 is 28.9 Å². The Balaban J connectivity index is 1.64. The van der Waals surface area contributed by atoms with Crippen molar-refractivity contribution in [2.45, 2.75) is 6.92 Å². The summed E-state index contributed by atoms with van der Waals surface area (Å²) >= 11 is 1.10. The average molecular weight is 384 g/mol. The Morgan fingerprint density at radius 2 is 1.81 bits per heavy atom. The first-order chi connectivity index (χ1) is 13.2. The highest BCUT2D eigenvalue weighted by Gasteiger charge is 2.22. The van der Waals surface area contributed by atoms with Crippen molar-refractivity contribution in [2.75, 3.05) is 19.8 Å². The lowest BCUT2D eigenvalue weighted by Gasteiger charge is -2.13. The summed E-state index contributed by atoms with van der Waals surface area (Å²) in [5.74, 6) is 1.75. The lowest BCUT2D eigenvalue weighted by atomic mass is 10.2. The molecular weight excluding hydrogens is 364 g/mol. The van der Waals surface area contributed by atoms with Crippen molar-refractivity contribution in [3.63, 3.8) is 0 Å². The molecule has 0 saturated carbocycles. The number of para-hydroxylation sites is 1. The van der Waals surface area contributed by atoms with Crippen LogP contribution >= 0.6 is 11.8 Å². The number of amidine groups is 1. The molecule has 0 radical (unpaired) electrons. The van der Waals surface area contributed by atoms with E-state index in [1.165, 1.54) is 0 Å². The Labute approximate surface area is 162 Å². The first-order valence-corrected chi connectivity index (χ1v) is 9.34. The minimum Gasteiger partial charge on any atom is -0.490 e. The van der Waals surface area contributed by atoms with Crippen LogP contribution in [0.15, 0.2) is 53.4 Å². The predicted molar refractivity (Wildman–Crippen MR) is 106 cm³/mol. The van der Waals surface area contributed by atoms with Crippen molar-refractivity contribution < 1.29 is 19.0 Å². The van der Waals surface area contributed by atoms with E-state index in [0.717, 1.165) is 23.1 Å². The van der Waals surface area contributed by atoms with Crippen LogP contribution in [0.1, 0.15) is 12.5 Å². The van der Waals surface area contributed by atoms with Crippen molar-refractivity contribution in [2.24, 2.45) is 0 Å². The molecule has 2 N–H and O–H groups in total. The van der Waals surface area contributed by atoms with E-state index in [4.69, 9.17) is 19.6 Å². The molecule has 0 unspecified atom stereocenters. The van der Waals surface area contributed by atoms with Crippen LogP contribution in [0.4, 0.5) is 0 Å². The molecule has 1 saturated heterocycles. The summed E-state index contributed by atoms with van der Waals surface area (Å²) in [6, 6.07) is 15.0. The van der Waals surface area contributed by atoms with Crippen LogP contribution in [-0.4, -0.2) is 30.9 Å². The Bertz CT molecular complexity index is 852. The number of carbonyl (C=O) groups is 1. The quantitative estimate of drug-likeness (QED) is 0.536.